The number of hydrogen-bond acceptors (Lipinski definition) is 4. The van der Waals surface area contributed by atoms with E-state index in [0.717, 1.165) is 56.3 Å². The van der Waals surface area contributed by atoms with E-state index in [0.29, 0.717) is 6.54 Å². The number of thioether (sulfide) groups is 1. The van der Waals surface area contributed by atoms with Gasteiger partial charge in [0.25, 0.3) is 0 Å². The summed E-state index contributed by atoms with van der Waals surface area (Å²) >= 11 is 1.82. The van der Waals surface area contributed by atoms with Crippen LogP contribution in [0.25, 0.3) is 0 Å². The number of anilines is 2. The van der Waals surface area contributed by atoms with Crippen LogP contribution in [0.4, 0.5) is 15.8 Å². The molecule has 0 atom stereocenters. The Morgan fingerprint density at radius 2 is 1.78 bits per heavy atom. The Balaban J connectivity index is 1.38. The second-order valence-corrected chi connectivity index (χ2v) is 8.09. The molecular formula is C21H24FN3OS. The molecule has 4 rings (SSSR count). The maximum Gasteiger partial charge on any atom is 0.241 e. The molecule has 2 aromatic carbocycles. The molecule has 6 heteroatoms. The van der Waals surface area contributed by atoms with Crippen LogP contribution in [0, 0.1) is 5.82 Å². The van der Waals surface area contributed by atoms with E-state index in [4.69, 9.17) is 0 Å². The summed E-state index contributed by atoms with van der Waals surface area (Å²) in [5.74, 6) is 0.917. The number of halogens is 1. The van der Waals surface area contributed by atoms with Crippen LogP contribution in [0.5, 0.6) is 0 Å². The van der Waals surface area contributed by atoms with Crippen molar-refractivity contribution in [3.05, 3.63) is 54.3 Å². The molecule has 0 bridgehead atoms. The van der Waals surface area contributed by atoms with E-state index in [1.54, 1.807) is 0 Å². The zero-order valence-corrected chi connectivity index (χ0v) is 16.1. The van der Waals surface area contributed by atoms with Crippen molar-refractivity contribution < 1.29 is 9.18 Å². The zero-order valence-electron chi connectivity index (χ0n) is 15.3. The highest BCUT2D eigenvalue weighted by Crippen LogP contribution is 2.34. The van der Waals surface area contributed by atoms with Gasteiger partial charge in [0.2, 0.25) is 5.91 Å². The summed E-state index contributed by atoms with van der Waals surface area (Å²) in [5, 5.41) is 0. The topological polar surface area (TPSA) is 26.8 Å². The minimum atomic E-state index is -0.208. The average molecular weight is 386 g/mol. The van der Waals surface area contributed by atoms with Crippen molar-refractivity contribution in [2.75, 3.05) is 54.8 Å². The Hall–Kier alpha value is -2.05. The third-order valence-corrected chi connectivity index (χ3v) is 6.21. The molecular weight excluding hydrogens is 361 g/mol. The van der Waals surface area contributed by atoms with Crippen LogP contribution >= 0.6 is 11.8 Å². The second kappa shape index (κ2) is 8.31. The fourth-order valence-corrected chi connectivity index (χ4v) is 4.74. The predicted molar refractivity (Wildman–Crippen MR) is 109 cm³/mol. The summed E-state index contributed by atoms with van der Waals surface area (Å²) in [7, 11) is 0. The average Bonchev–Trinajstić information content (AvgIpc) is 2.94. The van der Waals surface area contributed by atoms with E-state index in [1.165, 1.54) is 17.0 Å². The smallest absolute Gasteiger partial charge is 0.241 e. The van der Waals surface area contributed by atoms with Crippen molar-refractivity contribution in [3.63, 3.8) is 0 Å². The van der Waals surface area contributed by atoms with Crippen molar-refractivity contribution in [1.82, 2.24) is 4.90 Å². The number of rotatable bonds is 3. The van der Waals surface area contributed by atoms with Gasteiger partial charge in [-0.2, -0.15) is 0 Å². The highest BCUT2D eigenvalue weighted by molar-refractivity contribution is 7.99. The first kappa shape index (κ1) is 18.3. The lowest BCUT2D eigenvalue weighted by Gasteiger charge is -2.31. The van der Waals surface area contributed by atoms with Gasteiger partial charge < -0.3 is 9.80 Å². The highest BCUT2D eigenvalue weighted by atomic mass is 32.2. The molecule has 0 aliphatic carbocycles. The van der Waals surface area contributed by atoms with E-state index in [1.807, 2.05) is 47.0 Å². The van der Waals surface area contributed by atoms with Crippen LogP contribution < -0.4 is 9.80 Å². The molecule has 1 saturated heterocycles. The van der Waals surface area contributed by atoms with Gasteiger partial charge in [-0.05, 0) is 42.8 Å². The lowest BCUT2D eigenvalue weighted by Crippen LogP contribution is -2.43. The maximum atomic E-state index is 13.2. The van der Waals surface area contributed by atoms with Crippen molar-refractivity contribution in [2.24, 2.45) is 0 Å². The molecule has 1 amide bonds. The normalized spacial score (nSPS) is 18.1. The van der Waals surface area contributed by atoms with E-state index < -0.39 is 0 Å². The summed E-state index contributed by atoms with van der Waals surface area (Å²) in [6, 6.07) is 14.8. The van der Waals surface area contributed by atoms with Gasteiger partial charge in [-0.15, -0.1) is 11.8 Å². The minimum absolute atomic E-state index is 0.179. The number of carbonyl (C=O) groups is 1. The molecule has 2 aromatic rings. The minimum Gasteiger partial charge on any atom is -0.370 e. The Morgan fingerprint density at radius 3 is 2.63 bits per heavy atom. The quantitative estimate of drug-likeness (QED) is 0.808. The van der Waals surface area contributed by atoms with Gasteiger partial charge in [0.15, 0.2) is 0 Å². The van der Waals surface area contributed by atoms with Crippen molar-refractivity contribution in [3.8, 4) is 0 Å². The van der Waals surface area contributed by atoms with Gasteiger partial charge in [0, 0.05) is 49.1 Å². The largest absolute Gasteiger partial charge is 0.370 e. The molecule has 4 nitrogen and oxygen atoms in total. The molecule has 27 heavy (non-hydrogen) atoms. The molecule has 2 aliphatic rings. The third kappa shape index (κ3) is 4.28. The van der Waals surface area contributed by atoms with E-state index in [-0.39, 0.29) is 11.7 Å². The van der Waals surface area contributed by atoms with E-state index in [9.17, 15) is 9.18 Å². The molecule has 2 aliphatic heterocycles. The SMILES string of the molecule is O=C(CN1CCCN(c2ccc(F)cc2)CC1)N1CCSc2ccccc21. The lowest BCUT2D eigenvalue weighted by atomic mass is 10.2. The van der Waals surface area contributed by atoms with Gasteiger partial charge >= 0.3 is 0 Å². The van der Waals surface area contributed by atoms with Crippen LogP contribution in [-0.4, -0.2) is 55.8 Å². The Kier molecular flexibility index (Phi) is 5.64. The second-order valence-electron chi connectivity index (χ2n) is 6.95. The molecule has 1 fully saturated rings. The van der Waals surface area contributed by atoms with Crippen LogP contribution in [0.2, 0.25) is 0 Å². The number of hydrogen-bond donors (Lipinski definition) is 0. The molecule has 0 saturated carbocycles. The third-order valence-electron chi connectivity index (χ3n) is 5.17. The summed E-state index contributed by atoms with van der Waals surface area (Å²) in [4.78, 5) is 20.6. The van der Waals surface area contributed by atoms with Crippen LogP contribution in [0.3, 0.4) is 0 Å². The summed E-state index contributed by atoms with van der Waals surface area (Å²) in [6.45, 7) is 4.76. The Labute approximate surface area is 163 Å². The summed E-state index contributed by atoms with van der Waals surface area (Å²) in [6.07, 6.45) is 0.997. The number of fused-ring (bicyclic) bond motifs is 1. The lowest BCUT2D eigenvalue weighted by molar-refractivity contribution is -0.119. The molecule has 142 valence electrons. The van der Waals surface area contributed by atoms with E-state index in [2.05, 4.69) is 15.9 Å². The monoisotopic (exact) mass is 385 g/mol. The number of benzene rings is 2. The maximum absolute atomic E-state index is 13.2. The van der Waals surface area contributed by atoms with Crippen LogP contribution in [0.15, 0.2) is 53.4 Å². The van der Waals surface area contributed by atoms with Crippen molar-refractivity contribution in [2.45, 2.75) is 11.3 Å². The van der Waals surface area contributed by atoms with Crippen LogP contribution in [0.1, 0.15) is 6.42 Å². The summed E-state index contributed by atoms with van der Waals surface area (Å²) in [5.41, 5.74) is 2.09. The standard InChI is InChI=1S/C21H24FN3OS/c22-17-6-8-18(9-7-17)24-11-3-10-23(12-13-24)16-21(26)25-14-15-27-20-5-2-1-4-19(20)25/h1-2,4-9H,3,10-16H2. The predicted octanol–water partition coefficient (Wildman–Crippen LogP) is 3.48. The summed E-state index contributed by atoms with van der Waals surface area (Å²) < 4.78 is 13.2. The Bertz CT molecular complexity index is 798. The van der Waals surface area contributed by atoms with Gasteiger partial charge in [-0.25, -0.2) is 4.39 Å². The fourth-order valence-electron chi connectivity index (χ4n) is 3.74. The molecule has 0 unspecified atom stereocenters. The van der Waals surface area contributed by atoms with Crippen LogP contribution in [-0.2, 0) is 4.79 Å². The molecule has 0 N–H and O–H groups in total. The first-order chi connectivity index (χ1) is 13.2. The van der Waals surface area contributed by atoms with Gasteiger partial charge in [0.05, 0.1) is 12.2 Å². The van der Waals surface area contributed by atoms with E-state index >= 15 is 0 Å². The molecule has 0 spiro atoms. The molecule has 0 aromatic heterocycles. The van der Waals surface area contributed by atoms with Crippen molar-refractivity contribution in [1.29, 1.82) is 0 Å². The highest BCUT2D eigenvalue weighted by Gasteiger charge is 2.25. The van der Waals surface area contributed by atoms with Gasteiger partial charge in [0.1, 0.15) is 5.82 Å². The number of para-hydroxylation sites is 1. The molecule has 2 heterocycles. The molecule has 0 radical (unpaired) electrons. The first-order valence-corrected chi connectivity index (χ1v) is 10.4. The zero-order chi connectivity index (χ0) is 18.6. The van der Waals surface area contributed by atoms with Crippen molar-refractivity contribution >= 4 is 29.0 Å². The number of nitrogens with zero attached hydrogens (tertiary/aromatic N) is 3. The number of carbonyl (C=O) groups excluding carboxylic acids is 1. The fraction of sp³-hybridized carbons (Fsp3) is 0.381. The van der Waals surface area contributed by atoms with Gasteiger partial charge in [-0.3, -0.25) is 9.69 Å². The van der Waals surface area contributed by atoms with Gasteiger partial charge in [-0.1, -0.05) is 12.1 Å². The first-order valence-electron chi connectivity index (χ1n) is 9.46. The number of amides is 1. The Morgan fingerprint density at radius 1 is 0.963 bits per heavy atom.